The van der Waals surface area contributed by atoms with Gasteiger partial charge < -0.3 is 0 Å². The summed E-state index contributed by atoms with van der Waals surface area (Å²) in [6.07, 6.45) is 2.11. The Labute approximate surface area is 221 Å². The third-order valence-corrected chi connectivity index (χ3v) is 9.35. The van der Waals surface area contributed by atoms with E-state index in [1.165, 1.54) is 29.4 Å². The van der Waals surface area contributed by atoms with Crippen LogP contribution in [0.25, 0.3) is 21.4 Å². The minimum atomic E-state index is -2.85. The van der Waals surface area contributed by atoms with Gasteiger partial charge in [0.1, 0.15) is 0 Å². The van der Waals surface area contributed by atoms with Gasteiger partial charge in [-0.3, -0.25) is 0 Å². The molecule has 2 unspecified atom stereocenters. The Morgan fingerprint density at radius 2 is 2.09 bits per heavy atom. The molecule has 0 spiro atoms. The second-order valence-electron chi connectivity index (χ2n) is 6.92. The first-order valence-electron chi connectivity index (χ1n) is 9.46. The summed E-state index contributed by atoms with van der Waals surface area (Å²) in [5.74, 6) is 0.241. The summed E-state index contributed by atoms with van der Waals surface area (Å²) in [4.78, 5) is 27.4. The van der Waals surface area contributed by atoms with Gasteiger partial charge >= 0.3 is 223 Å². The third-order valence-electron chi connectivity index (χ3n) is 4.86. The Morgan fingerprint density at radius 1 is 1.27 bits per heavy atom. The molecule has 0 fully saturated rings. The van der Waals surface area contributed by atoms with Crippen LogP contribution in [0.15, 0.2) is 34.0 Å². The second kappa shape index (κ2) is 11.0. The van der Waals surface area contributed by atoms with Gasteiger partial charge in [-0.05, 0) is 0 Å². The van der Waals surface area contributed by atoms with Crippen molar-refractivity contribution in [3.8, 4) is 0 Å². The summed E-state index contributed by atoms with van der Waals surface area (Å²) >= 11 is 23.7. The van der Waals surface area contributed by atoms with Gasteiger partial charge in [0.15, 0.2) is 0 Å². The zero-order valence-corrected chi connectivity index (χ0v) is 23.4. The summed E-state index contributed by atoms with van der Waals surface area (Å²) in [7, 11) is -2.85. The van der Waals surface area contributed by atoms with Crippen molar-refractivity contribution in [2.75, 3.05) is 11.8 Å². The monoisotopic (exact) mass is 624 g/mol. The molecule has 2 atom stereocenters. The average molecular weight is 626 g/mol. The zero-order valence-electron chi connectivity index (χ0n) is 16.7. The van der Waals surface area contributed by atoms with Crippen LogP contribution in [0, 0.1) is 0 Å². The molecule has 0 aliphatic heterocycles. The van der Waals surface area contributed by atoms with Crippen LogP contribution in [0.3, 0.4) is 0 Å². The number of hydrogen-bond acceptors (Lipinski definition) is 8. The first-order valence-corrected chi connectivity index (χ1v) is 14.6. The normalized spacial score (nSPS) is 14.2. The molecule has 0 saturated heterocycles. The number of hydrogen-bond donors (Lipinski definition) is 1. The quantitative estimate of drug-likeness (QED) is 0.154. The van der Waals surface area contributed by atoms with E-state index in [0.717, 1.165) is 14.6 Å². The van der Waals surface area contributed by atoms with Gasteiger partial charge in [0, 0.05) is 0 Å². The molecule has 0 aliphatic carbocycles. The van der Waals surface area contributed by atoms with Crippen molar-refractivity contribution in [1.82, 2.24) is 24.5 Å². The van der Waals surface area contributed by atoms with E-state index in [0.29, 0.717) is 45.2 Å². The van der Waals surface area contributed by atoms with E-state index < -0.39 is 13.9 Å². The third kappa shape index (κ3) is 5.66. The Hall–Kier alpha value is -0.542. The van der Waals surface area contributed by atoms with Crippen LogP contribution in [0.2, 0.25) is 5.02 Å². The predicted molar refractivity (Wildman–Crippen MR) is 134 cm³/mol. The molecule has 0 saturated carbocycles. The molecule has 4 aromatic rings. The van der Waals surface area contributed by atoms with E-state index in [1.54, 1.807) is 0 Å². The van der Waals surface area contributed by atoms with Gasteiger partial charge in [-0.2, -0.15) is 0 Å². The number of halogens is 3. The molecule has 0 aliphatic rings. The molecule has 2 radical (unpaired) electrons. The number of aryl methyl sites for hydroxylation is 1. The molecule has 0 bridgehead atoms. The SMILES string of the molecule is O=[P+](O)OC(CCl)(CCCl)CCn1c(Sc2nc3cccc(Cl)c3s2)nc2c([As])ncnc21. The fourth-order valence-electron chi connectivity index (χ4n) is 3.23. The number of imidazole rings is 1. The van der Waals surface area contributed by atoms with Crippen LogP contribution in [0.1, 0.15) is 12.8 Å². The Bertz CT molecular complexity index is 1330. The van der Waals surface area contributed by atoms with Gasteiger partial charge in [-0.1, -0.05) is 0 Å². The number of thiazole rings is 1. The van der Waals surface area contributed by atoms with Gasteiger partial charge in [0.2, 0.25) is 0 Å². The summed E-state index contributed by atoms with van der Waals surface area (Å²) < 4.78 is 21.0. The van der Waals surface area contributed by atoms with Crippen molar-refractivity contribution < 1.29 is 14.0 Å². The molecule has 1 N–H and O–H groups in total. The van der Waals surface area contributed by atoms with E-state index in [4.69, 9.17) is 44.3 Å². The summed E-state index contributed by atoms with van der Waals surface area (Å²) in [6.45, 7) is 0.376. The maximum atomic E-state index is 11.4. The number of benzene rings is 1. The zero-order chi connectivity index (χ0) is 23.6. The number of fused-ring (bicyclic) bond motifs is 2. The van der Waals surface area contributed by atoms with E-state index in [9.17, 15) is 9.46 Å². The van der Waals surface area contributed by atoms with Crippen LogP contribution in [0.5, 0.6) is 0 Å². The van der Waals surface area contributed by atoms with Crippen LogP contribution in [0.4, 0.5) is 0 Å². The van der Waals surface area contributed by atoms with Crippen LogP contribution < -0.4 is 4.48 Å². The molecule has 33 heavy (non-hydrogen) atoms. The van der Waals surface area contributed by atoms with Crippen molar-refractivity contribution in [2.24, 2.45) is 0 Å². The Kier molecular flexibility index (Phi) is 8.53. The number of nitrogens with zero attached hydrogens (tertiary/aromatic N) is 5. The molecule has 15 heteroatoms. The molecule has 4 rings (SSSR count). The molecule has 8 nitrogen and oxygen atoms in total. The van der Waals surface area contributed by atoms with Crippen molar-refractivity contribution >= 4 is 109 Å². The maximum absolute atomic E-state index is 11.4. The van der Waals surface area contributed by atoms with Crippen LogP contribution >= 0.6 is 66.2 Å². The molecule has 0 amide bonds. The van der Waals surface area contributed by atoms with Crippen LogP contribution in [-0.2, 0) is 15.6 Å². The number of alkyl halides is 2. The topological polar surface area (TPSA) is 103 Å². The minimum absolute atomic E-state index is 0.0116. The standard InChI is InChI=1S/C18H14AsCl3N5O3PS2/c19-14-12-15(24-9-23-14)27(7-5-18(8-21,4-6-20)30-31(28)29)16(26-12)33-17-25-11-3-1-2-10(22)13(11)32-17/h1-3,9H,4-8H2/p+1. The van der Waals surface area contributed by atoms with Crippen molar-refractivity contribution in [3.05, 3.63) is 29.5 Å². The fourth-order valence-corrected chi connectivity index (χ4v) is 7.33. The molecular formula is C18H15AsCl3N5O3PS2+. The molecular weight excluding hydrogens is 611 g/mol. The van der Waals surface area contributed by atoms with Crippen molar-refractivity contribution in [3.63, 3.8) is 0 Å². The summed E-state index contributed by atoms with van der Waals surface area (Å²) in [5.41, 5.74) is 1.02. The fraction of sp³-hybridized carbons (Fsp3) is 0.333. The summed E-state index contributed by atoms with van der Waals surface area (Å²) in [5, 5.41) is 1.29. The van der Waals surface area contributed by atoms with E-state index >= 15 is 0 Å². The average Bonchev–Trinajstić information content (AvgIpc) is 3.34. The van der Waals surface area contributed by atoms with Gasteiger partial charge in [0.25, 0.3) is 0 Å². The van der Waals surface area contributed by atoms with Gasteiger partial charge in [0.05, 0.1) is 0 Å². The number of aromatic nitrogens is 5. The van der Waals surface area contributed by atoms with Crippen molar-refractivity contribution in [1.29, 1.82) is 0 Å². The first kappa shape index (κ1) is 25.5. The first-order chi connectivity index (χ1) is 15.9. The van der Waals surface area contributed by atoms with Gasteiger partial charge in [-0.15, -0.1) is 0 Å². The Balaban J connectivity index is 1.72. The van der Waals surface area contributed by atoms with Gasteiger partial charge in [-0.25, -0.2) is 0 Å². The molecule has 3 heterocycles. The number of rotatable bonds is 10. The molecule has 3 aromatic heterocycles. The Morgan fingerprint density at radius 3 is 2.79 bits per heavy atom. The molecule has 1 aromatic carbocycles. The van der Waals surface area contributed by atoms with Crippen molar-refractivity contribution in [2.45, 2.75) is 34.5 Å². The van der Waals surface area contributed by atoms with E-state index in [-0.39, 0.29) is 11.8 Å². The summed E-state index contributed by atoms with van der Waals surface area (Å²) in [6, 6.07) is 5.60. The van der Waals surface area contributed by atoms with E-state index in [2.05, 4.69) is 31.8 Å². The van der Waals surface area contributed by atoms with E-state index in [1.807, 2.05) is 22.8 Å². The predicted octanol–water partition coefficient (Wildman–Crippen LogP) is 4.70. The second-order valence-corrected chi connectivity index (χ2v) is 11.7. The molecule has 172 valence electrons. The van der Waals surface area contributed by atoms with Crippen LogP contribution in [-0.4, -0.2) is 63.6 Å².